The number of rotatable bonds is 6. The number of hydrogen-bond donors (Lipinski definition) is 3. The normalized spacial score (nSPS) is 17.1. The molecule has 0 aliphatic heterocycles. The Morgan fingerprint density at radius 3 is 2.60 bits per heavy atom. The maximum atomic E-state index is 13.6. The lowest BCUT2D eigenvalue weighted by molar-refractivity contribution is 0.249. The van der Waals surface area contributed by atoms with E-state index in [1.807, 2.05) is 0 Å². The van der Waals surface area contributed by atoms with Crippen molar-refractivity contribution in [3.05, 3.63) is 23.5 Å². The smallest absolute Gasteiger partial charge is 0.240 e. The van der Waals surface area contributed by atoms with E-state index in [4.69, 9.17) is 10.8 Å². The van der Waals surface area contributed by atoms with Crippen molar-refractivity contribution in [1.29, 1.82) is 0 Å². The minimum absolute atomic E-state index is 0.0356. The van der Waals surface area contributed by atoms with E-state index in [1.165, 1.54) is 13.0 Å². The van der Waals surface area contributed by atoms with Gasteiger partial charge in [0, 0.05) is 24.4 Å². The second-order valence-corrected chi connectivity index (χ2v) is 7.18. The van der Waals surface area contributed by atoms with Gasteiger partial charge in [-0.05, 0) is 43.7 Å². The van der Waals surface area contributed by atoms with Gasteiger partial charge < -0.3 is 10.8 Å². The lowest BCUT2D eigenvalue weighted by Gasteiger charge is -2.15. The Hall–Kier alpha value is -1.18. The molecule has 1 aliphatic rings. The van der Waals surface area contributed by atoms with Crippen molar-refractivity contribution in [2.45, 2.75) is 31.1 Å². The van der Waals surface area contributed by atoms with Crippen LogP contribution < -0.4 is 10.5 Å². The van der Waals surface area contributed by atoms with Gasteiger partial charge in [0.1, 0.15) is 5.82 Å². The highest BCUT2D eigenvalue weighted by Gasteiger charge is 2.42. The zero-order valence-corrected chi connectivity index (χ0v) is 12.1. The minimum atomic E-state index is -3.79. The molecule has 0 heterocycles. The van der Waals surface area contributed by atoms with Crippen LogP contribution in [0.4, 0.5) is 10.1 Å². The van der Waals surface area contributed by atoms with Crippen LogP contribution in [0, 0.1) is 18.2 Å². The zero-order valence-electron chi connectivity index (χ0n) is 11.3. The molecule has 1 aromatic carbocycles. The standard InChI is InChI=1S/C13H19FN2O3S/c1-9-11(14)6-10(7-12(9)15)20(18,19)16-8-13(2-3-13)4-5-17/h6-7,16-17H,2-5,8,15H2,1H3. The fourth-order valence-corrected chi connectivity index (χ4v) is 3.29. The van der Waals surface area contributed by atoms with Gasteiger partial charge in [-0.15, -0.1) is 0 Å². The molecule has 20 heavy (non-hydrogen) atoms. The van der Waals surface area contributed by atoms with Crippen molar-refractivity contribution in [1.82, 2.24) is 4.72 Å². The molecule has 0 radical (unpaired) electrons. The highest BCUT2D eigenvalue weighted by atomic mass is 32.2. The maximum Gasteiger partial charge on any atom is 0.240 e. The number of halogens is 1. The molecule has 0 atom stereocenters. The van der Waals surface area contributed by atoms with Crippen molar-refractivity contribution in [3.63, 3.8) is 0 Å². The molecule has 112 valence electrons. The topological polar surface area (TPSA) is 92.4 Å². The molecule has 1 fully saturated rings. The third-order valence-electron chi connectivity index (χ3n) is 3.90. The fourth-order valence-electron chi connectivity index (χ4n) is 2.09. The van der Waals surface area contributed by atoms with Crippen LogP contribution in [0.15, 0.2) is 17.0 Å². The SMILES string of the molecule is Cc1c(N)cc(S(=O)(=O)NCC2(CCO)CC2)cc1F. The summed E-state index contributed by atoms with van der Waals surface area (Å²) in [5.41, 5.74) is 5.80. The van der Waals surface area contributed by atoms with E-state index < -0.39 is 15.8 Å². The van der Waals surface area contributed by atoms with Gasteiger partial charge >= 0.3 is 0 Å². The summed E-state index contributed by atoms with van der Waals surface area (Å²) in [7, 11) is -3.79. The van der Waals surface area contributed by atoms with Gasteiger partial charge in [-0.25, -0.2) is 17.5 Å². The summed E-state index contributed by atoms with van der Waals surface area (Å²) in [6.07, 6.45) is 2.35. The van der Waals surface area contributed by atoms with E-state index in [0.717, 1.165) is 18.9 Å². The van der Waals surface area contributed by atoms with Crippen LogP contribution in [0.5, 0.6) is 0 Å². The molecular formula is C13H19FN2O3S. The van der Waals surface area contributed by atoms with Crippen molar-refractivity contribution in [3.8, 4) is 0 Å². The Morgan fingerprint density at radius 1 is 1.45 bits per heavy atom. The Kier molecular flexibility index (Phi) is 4.04. The van der Waals surface area contributed by atoms with Gasteiger partial charge in [0.2, 0.25) is 10.0 Å². The quantitative estimate of drug-likeness (QED) is 0.687. The van der Waals surface area contributed by atoms with Crippen LogP contribution in [0.3, 0.4) is 0 Å². The van der Waals surface area contributed by atoms with E-state index in [-0.39, 0.29) is 34.7 Å². The zero-order chi connectivity index (χ0) is 15.0. The van der Waals surface area contributed by atoms with E-state index in [9.17, 15) is 12.8 Å². The van der Waals surface area contributed by atoms with E-state index in [2.05, 4.69) is 4.72 Å². The van der Waals surface area contributed by atoms with Gasteiger partial charge in [0.15, 0.2) is 0 Å². The van der Waals surface area contributed by atoms with Crippen LogP contribution in [0.1, 0.15) is 24.8 Å². The molecule has 1 saturated carbocycles. The molecule has 4 N–H and O–H groups in total. The number of benzene rings is 1. The highest BCUT2D eigenvalue weighted by molar-refractivity contribution is 7.89. The molecule has 1 aromatic rings. The monoisotopic (exact) mass is 302 g/mol. The van der Waals surface area contributed by atoms with Crippen molar-refractivity contribution >= 4 is 15.7 Å². The van der Waals surface area contributed by atoms with Crippen molar-refractivity contribution in [2.24, 2.45) is 5.41 Å². The number of nitrogen functional groups attached to an aromatic ring is 1. The number of aliphatic hydroxyl groups excluding tert-OH is 1. The number of sulfonamides is 1. The van der Waals surface area contributed by atoms with Gasteiger partial charge in [-0.2, -0.15) is 0 Å². The van der Waals surface area contributed by atoms with Gasteiger partial charge in [0.05, 0.1) is 4.90 Å². The molecule has 1 aliphatic carbocycles. The highest BCUT2D eigenvalue weighted by Crippen LogP contribution is 2.48. The summed E-state index contributed by atoms with van der Waals surface area (Å²) in [6.45, 7) is 1.79. The molecular weight excluding hydrogens is 283 g/mol. The summed E-state index contributed by atoms with van der Waals surface area (Å²) in [5.74, 6) is -0.637. The third kappa shape index (κ3) is 3.11. The van der Waals surface area contributed by atoms with Crippen LogP contribution in [-0.2, 0) is 10.0 Å². The number of anilines is 1. The van der Waals surface area contributed by atoms with Crippen LogP contribution >= 0.6 is 0 Å². The van der Waals surface area contributed by atoms with E-state index in [0.29, 0.717) is 6.42 Å². The number of nitrogens with one attached hydrogen (secondary N) is 1. The fraction of sp³-hybridized carbons (Fsp3) is 0.538. The Balaban J connectivity index is 2.15. The predicted octanol–water partition coefficient (Wildman–Crippen LogP) is 1.16. The Labute approximate surface area is 118 Å². The molecule has 0 spiro atoms. The number of aliphatic hydroxyl groups is 1. The number of hydrogen-bond acceptors (Lipinski definition) is 4. The molecule has 0 bridgehead atoms. The van der Waals surface area contributed by atoms with Crippen molar-refractivity contribution in [2.75, 3.05) is 18.9 Å². The summed E-state index contributed by atoms with van der Waals surface area (Å²) in [5, 5.41) is 8.95. The third-order valence-corrected chi connectivity index (χ3v) is 5.29. The molecule has 2 rings (SSSR count). The molecule has 0 aromatic heterocycles. The largest absolute Gasteiger partial charge is 0.398 e. The first-order valence-corrected chi connectivity index (χ1v) is 7.94. The first-order chi connectivity index (χ1) is 9.30. The van der Waals surface area contributed by atoms with Gasteiger partial charge in [-0.1, -0.05) is 0 Å². The Bertz CT molecular complexity index is 589. The van der Waals surface area contributed by atoms with Gasteiger partial charge in [0.25, 0.3) is 0 Å². The van der Waals surface area contributed by atoms with E-state index in [1.54, 1.807) is 0 Å². The van der Waals surface area contributed by atoms with Crippen LogP contribution in [0.2, 0.25) is 0 Å². The summed E-state index contributed by atoms with van der Waals surface area (Å²) >= 11 is 0. The van der Waals surface area contributed by atoms with Crippen LogP contribution in [0.25, 0.3) is 0 Å². The predicted molar refractivity (Wildman–Crippen MR) is 74.1 cm³/mol. The Morgan fingerprint density at radius 2 is 2.10 bits per heavy atom. The average molecular weight is 302 g/mol. The van der Waals surface area contributed by atoms with Gasteiger partial charge in [-0.3, -0.25) is 0 Å². The lowest BCUT2D eigenvalue weighted by atomic mass is 10.0. The first kappa shape index (κ1) is 15.2. The second kappa shape index (κ2) is 5.31. The second-order valence-electron chi connectivity index (χ2n) is 5.42. The van der Waals surface area contributed by atoms with Crippen LogP contribution in [-0.4, -0.2) is 26.7 Å². The summed E-state index contributed by atoms with van der Waals surface area (Å²) in [6, 6.07) is 2.23. The minimum Gasteiger partial charge on any atom is -0.398 e. The number of nitrogens with two attached hydrogens (primary N) is 1. The molecule has 5 nitrogen and oxygen atoms in total. The van der Waals surface area contributed by atoms with E-state index >= 15 is 0 Å². The average Bonchev–Trinajstić information content (AvgIpc) is 3.14. The lowest BCUT2D eigenvalue weighted by Crippen LogP contribution is -2.31. The maximum absolute atomic E-state index is 13.6. The first-order valence-electron chi connectivity index (χ1n) is 6.46. The summed E-state index contributed by atoms with van der Waals surface area (Å²) in [4.78, 5) is -0.169. The molecule has 0 amide bonds. The molecule has 0 saturated heterocycles. The van der Waals surface area contributed by atoms with Crippen molar-refractivity contribution < 1.29 is 17.9 Å². The molecule has 7 heteroatoms. The molecule has 0 unspecified atom stereocenters. The summed E-state index contributed by atoms with van der Waals surface area (Å²) < 4.78 is 40.3.